The molecule has 2 nitrogen and oxygen atoms in total. The highest BCUT2D eigenvalue weighted by atomic mass is 79.9. The van der Waals surface area contributed by atoms with Crippen molar-refractivity contribution in [3.63, 3.8) is 0 Å². The molecule has 1 aromatic rings. The highest BCUT2D eigenvalue weighted by Gasteiger charge is 2.20. The molecule has 0 saturated carbocycles. The van der Waals surface area contributed by atoms with Crippen molar-refractivity contribution in [2.24, 2.45) is 5.73 Å². The van der Waals surface area contributed by atoms with Crippen molar-refractivity contribution in [1.29, 1.82) is 0 Å². The van der Waals surface area contributed by atoms with Gasteiger partial charge in [0.05, 0.1) is 0 Å². The molecule has 0 radical (unpaired) electrons. The van der Waals surface area contributed by atoms with Crippen molar-refractivity contribution in [2.45, 2.75) is 18.9 Å². The van der Waals surface area contributed by atoms with Crippen LogP contribution in [0.5, 0.6) is 0 Å². The van der Waals surface area contributed by atoms with Crippen molar-refractivity contribution in [3.05, 3.63) is 34.3 Å². The summed E-state index contributed by atoms with van der Waals surface area (Å²) in [6.07, 6.45) is 0.573. The molecular formula is C10H14BrNO. The zero-order valence-corrected chi connectivity index (χ0v) is 9.21. The van der Waals surface area contributed by atoms with Crippen LogP contribution in [-0.2, 0) is 5.54 Å². The number of nitrogens with two attached hydrogens (primary N) is 1. The van der Waals surface area contributed by atoms with Crippen molar-refractivity contribution in [2.75, 3.05) is 6.61 Å². The van der Waals surface area contributed by atoms with Crippen molar-refractivity contribution in [1.82, 2.24) is 0 Å². The van der Waals surface area contributed by atoms with Crippen LogP contribution in [0, 0.1) is 0 Å². The fourth-order valence-corrected chi connectivity index (χ4v) is 1.62. The van der Waals surface area contributed by atoms with E-state index in [4.69, 9.17) is 10.8 Å². The minimum Gasteiger partial charge on any atom is -0.396 e. The van der Waals surface area contributed by atoms with Gasteiger partial charge in [-0.05, 0) is 31.0 Å². The SMILES string of the molecule is C[C@@](N)(CCO)c1cccc(Br)c1. The number of halogens is 1. The van der Waals surface area contributed by atoms with Gasteiger partial charge in [-0.15, -0.1) is 0 Å². The molecule has 3 N–H and O–H groups in total. The molecule has 3 heteroatoms. The van der Waals surface area contributed by atoms with E-state index in [1.807, 2.05) is 31.2 Å². The summed E-state index contributed by atoms with van der Waals surface area (Å²) in [6, 6.07) is 7.86. The molecule has 1 aromatic carbocycles. The third-order valence-corrected chi connectivity index (χ3v) is 2.61. The smallest absolute Gasteiger partial charge is 0.0451 e. The zero-order chi connectivity index (χ0) is 9.90. The second-order valence-electron chi connectivity index (χ2n) is 3.40. The first-order valence-electron chi connectivity index (χ1n) is 4.22. The van der Waals surface area contributed by atoms with E-state index in [-0.39, 0.29) is 6.61 Å². The quantitative estimate of drug-likeness (QED) is 0.854. The Kier molecular flexibility index (Phi) is 3.47. The van der Waals surface area contributed by atoms with Gasteiger partial charge in [0.2, 0.25) is 0 Å². The topological polar surface area (TPSA) is 46.2 Å². The summed E-state index contributed by atoms with van der Waals surface area (Å²) in [6.45, 7) is 2.03. The fourth-order valence-electron chi connectivity index (χ4n) is 1.22. The van der Waals surface area contributed by atoms with Crippen LogP contribution in [-0.4, -0.2) is 11.7 Å². The first-order valence-corrected chi connectivity index (χ1v) is 5.01. The van der Waals surface area contributed by atoms with E-state index in [9.17, 15) is 0 Å². The van der Waals surface area contributed by atoms with Gasteiger partial charge in [-0.25, -0.2) is 0 Å². The van der Waals surface area contributed by atoms with E-state index in [0.717, 1.165) is 10.0 Å². The molecule has 1 atom stereocenters. The Balaban J connectivity index is 2.93. The largest absolute Gasteiger partial charge is 0.396 e. The first-order chi connectivity index (χ1) is 6.06. The summed E-state index contributed by atoms with van der Waals surface area (Å²) in [5.74, 6) is 0. The lowest BCUT2D eigenvalue weighted by Crippen LogP contribution is -2.33. The molecule has 1 rings (SSSR count). The van der Waals surface area contributed by atoms with E-state index in [1.54, 1.807) is 0 Å². The molecule has 0 unspecified atom stereocenters. The molecular weight excluding hydrogens is 230 g/mol. The first kappa shape index (κ1) is 10.7. The Morgan fingerprint density at radius 1 is 1.54 bits per heavy atom. The van der Waals surface area contributed by atoms with Gasteiger partial charge >= 0.3 is 0 Å². The number of rotatable bonds is 3. The van der Waals surface area contributed by atoms with Crippen molar-refractivity contribution in [3.8, 4) is 0 Å². The normalized spacial score (nSPS) is 15.4. The molecule has 0 fully saturated rings. The van der Waals surface area contributed by atoms with E-state index >= 15 is 0 Å². The van der Waals surface area contributed by atoms with E-state index < -0.39 is 5.54 Å². The molecule has 0 heterocycles. The number of aliphatic hydroxyl groups excluding tert-OH is 1. The summed E-state index contributed by atoms with van der Waals surface area (Å²) in [5.41, 5.74) is 6.63. The molecule has 0 aliphatic rings. The van der Waals surface area contributed by atoms with Crippen LogP contribution >= 0.6 is 15.9 Å². The minimum atomic E-state index is -0.446. The molecule has 72 valence electrons. The fraction of sp³-hybridized carbons (Fsp3) is 0.400. The monoisotopic (exact) mass is 243 g/mol. The lowest BCUT2D eigenvalue weighted by atomic mass is 9.90. The Hall–Kier alpha value is -0.380. The van der Waals surface area contributed by atoms with E-state index in [0.29, 0.717) is 6.42 Å². The predicted molar refractivity (Wildman–Crippen MR) is 57.4 cm³/mol. The summed E-state index contributed by atoms with van der Waals surface area (Å²) in [7, 11) is 0. The summed E-state index contributed by atoms with van der Waals surface area (Å²) >= 11 is 3.39. The number of benzene rings is 1. The molecule has 0 bridgehead atoms. The van der Waals surface area contributed by atoms with Gasteiger partial charge < -0.3 is 10.8 Å². The molecule has 0 aromatic heterocycles. The van der Waals surface area contributed by atoms with Crippen LogP contribution in [0.15, 0.2) is 28.7 Å². The highest BCUT2D eigenvalue weighted by molar-refractivity contribution is 9.10. The summed E-state index contributed by atoms with van der Waals surface area (Å²) < 4.78 is 1.01. The second-order valence-corrected chi connectivity index (χ2v) is 4.32. The standard InChI is InChI=1S/C10H14BrNO/c1-10(12,5-6-13)8-3-2-4-9(11)7-8/h2-4,7,13H,5-6,12H2,1H3/t10-/m1/s1. The van der Waals surface area contributed by atoms with Crippen LogP contribution in [0.25, 0.3) is 0 Å². The lowest BCUT2D eigenvalue weighted by molar-refractivity contribution is 0.247. The Labute approximate surface area is 86.9 Å². The van der Waals surface area contributed by atoms with Gasteiger partial charge in [-0.2, -0.15) is 0 Å². The molecule has 0 spiro atoms. The molecule has 0 amide bonds. The van der Waals surface area contributed by atoms with Crippen LogP contribution in [0.2, 0.25) is 0 Å². The predicted octanol–water partition coefficient (Wildman–Crippen LogP) is 2.01. The van der Waals surface area contributed by atoms with Gasteiger partial charge in [0.15, 0.2) is 0 Å². The maximum absolute atomic E-state index is 8.84. The van der Waals surface area contributed by atoms with Gasteiger partial charge in [0, 0.05) is 16.6 Å². The number of aliphatic hydroxyl groups is 1. The third kappa shape index (κ3) is 2.79. The van der Waals surface area contributed by atoms with Crippen molar-refractivity contribution >= 4 is 15.9 Å². The molecule has 0 saturated heterocycles. The molecule has 13 heavy (non-hydrogen) atoms. The average molecular weight is 244 g/mol. The molecule has 0 aliphatic carbocycles. The van der Waals surface area contributed by atoms with Crippen LogP contribution < -0.4 is 5.73 Å². The Bertz CT molecular complexity index is 286. The zero-order valence-electron chi connectivity index (χ0n) is 7.63. The van der Waals surface area contributed by atoms with Crippen molar-refractivity contribution < 1.29 is 5.11 Å². The van der Waals surface area contributed by atoms with E-state index in [2.05, 4.69) is 15.9 Å². The Morgan fingerprint density at radius 2 is 2.23 bits per heavy atom. The highest BCUT2D eigenvalue weighted by Crippen LogP contribution is 2.23. The van der Waals surface area contributed by atoms with Crippen LogP contribution in [0.4, 0.5) is 0 Å². The van der Waals surface area contributed by atoms with Gasteiger partial charge in [-0.3, -0.25) is 0 Å². The maximum Gasteiger partial charge on any atom is 0.0451 e. The molecule has 0 aliphatic heterocycles. The third-order valence-electron chi connectivity index (χ3n) is 2.12. The minimum absolute atomic E-state index is 0.111. The summed E-state index contributed by atoms with van der Waals surface area (Å²) in [4.78, 5) is 0. The maximum atomic E-state index is 8.84. The van der Waals surface area contributed by atoms with E-state index in [1.165, 1.54) is 0 Å². The number of hydrogen-bond donors (Lipinski definition) is 2. The second kappa shape index (κ2) is 4.22. The van der Waals surface area contributed by atoms with Crippen LogP contribution in [0.1, 0.15) is 18.9 Å². The van der Waals surface area contributed by atoms with Crippen LogP contribution in [0.3, 0.4) is 0 Å². The Morgan fingerprint density at radius 3 is 2.77 bits per heavy atom. The van der Waals surface area contributed by atoms with Gasteiger partial charge in [-0.1, -0.05) is 28.1 Å². The average Bonchev–Trinajstić information content (AvgIpc) is 2.04. The number of hydrogen-bond acceptors (Lipinski definition) is 2. The lowest BCUT2D eigenvalue weighted by Gasteiger charge is -2.24. The van der Waals surface area contributed by atoms with Gasteiger partial charge in [0.1, 0.15) is 0 Å². The summed E-state index contributed by atoms with van der Waals surface area (Å²) in [5, 5.41) is 8.84. The van der Waals surface area contributed by atoms with Gasteiger partial charge in [0.25, 0.3) is 0 Å².